The predicted octanol–water partition coefficient (Wildman–Crippen LogP) is 4.25. The molecule has 0 heterocycles. The van der Waals surface area contributed by atoms with E-state index in [2.05, 4.69) is 21.2 Å². The number of aryl methyl sites for hydroxylation is 1. The van der Waals surface area contributed by atoms with Crippen molar-refractivity contribution in [3.63, 3.8) is 0 Å². The molecule has 0 unspecified atom stereocenters. The van der Waals surface area contributed by atoms with Crippen LogP contribution in [0.25, 0.3) is 0 Å². The standard InChI is InChI=1S/C14H12BrClN2O/c1-8-2-4-10(17)7-11(8)14(19)18-13-5-3-9(15)6-12(13)16/h2-7H,17H2,1H3,(H,18,19). The number of halogens is 2. The highest BCUT2D eigenvalue weighted by molar-refractivity contribution is 9.10. The monoisotopic (exact) mass is 338 g/mol. The zero-order valence-corrected chi connectivity index (χ0v) is 12.5. The van der Waals surface area contributed by atoms with Crippen LogP contribution >= 0.6 is 27.5 Å². The molecular weight excluding hydrogens is 328 g/mol. The average molecular weight is 340 g/mol. The molecule has 3 N–H and O–H groups in total. The Bertz CT molecular complexity index is 643. The second kappa shape index (κ2) is 5.63. The van der Waals surface area contributed by atoms with Crippen molar-refractivity contribution in [1.82, 2.24) is 0 Å². The second-order valence-corrected chi connectivity index (χ2v) is 5.48. The van der Waals surface area contributed by atoms with Gasteiger partial charge in [0, 0.05) is 15.7 Å². The summed E-state index contributed by atoms with van der Waals surface area (Å²) in [5, 5.41) is 3.25. The summed E-state index contributed by atoms with van der Waals surface area (Å²) in [5.41, 5.74) is 8.22. The van der Waals surface area contributed by atoms with Crippen LogP contribution in [0.15, 0.2) is 40.9 Å². The highest BCUT2D eigenvalue weighted by Gasteiger charge is 2.11. The number of carbonyl (C=O) groups excluding carboxylic acids is 1. The molecule has 0 aliphatic rings. The predicted molar refractivity (Wildman–Crippen MR) is 82.7 cm³/mol. The number of nitrogens with two attached hydrogens (primary N) is 1. The molecule has 2 rings (SSSR count). The molecule has 1 amide bonds. The van der Waals surface area contributed by atoms with E-state index in [1.807, 2.05) is 19.1 Å². The third kappa shape index (κ3) is 3.28. The fourth-order valence-electron chi connectivity index (χ4n) is 1.66. The lowest BCUT2D eigenvalue weighted by atomic mass is 10.1. The number of nitrogens with one attached hydrogen (secondary N) is 1. The topological polar surface area (TPSA) is 55.1 Å². The number of carbonyl (C=O) groups is 1. The molecule has 2 aromatic rings. The highest BCUT2D eigenvalue weighted by atomic mass is 79.9. The van der Waals surface area contributed by atoms with Crippen molar-refractivity contribution >= 4 is 44.8 Å². The van der Waals surface area contributed by atoms with Crippen LogP contribution in [0.4, 0.5) is 11.4 Å². The van der Waals surface area contributed by atoms with Crippen LogP contribution in [0.1, 0.15) is 15.9 Å². The third-order valence-electron chi connectivity index (χ3n) is 2.69. The second-order valence-electron chi connectivity index (χ2n) is 4.15. The molecular formula is C14H12BrClN2O. The van der Waals surface area contributed by atoms with Crippen molar-refractivity contribution in [2.75, 3.05) is 11.1 Å². The van der Waals surface area contributed by atoms with Gasteiger partial charge < -0.3 is 11.1 Å². The molecule has 0 aromatic heterocycles. The Morgan fingerprint density at radius 1 is 1.26 bits per heavy atom. The van der Waals surface area contributed by atoms with Gasteiger partial charge in [-0.05, 0) is 42.8 Å². The van der Waals surface area contributed by atoms with Gasteiger partial charge in [-0.15, -0.1) is 0 Å². The van der Waals surface area contributed by atoms with Crippen LogP contribution in [0.3, 0.4) is 0 Å². The Kier molecular flexibility index (Phi) is 4.12. The summed E-state index contributed by atoms with van der Waals surface area (Å²) >= 11 is 9.38. The van der Waals surface area contributed by atoms with E-state index in [4.69, 9.17) is 17.3 Å². The molecule has 98 valence electrons. The van der Waals surface area contributed by atoms with Gasteiger partial charge in [0.1, 0.15) is 0 Å². The van der Waals surface area contributed by atoms with Gasteiger partial charge in [-0.25, -0.2) is 0 Å². The van der Waals surface area contributed by atoms with Gasteiger partial charge in [-0.3, -0.25) is 4.79 Å². The Labute approximate surface area is 124 Å². The van der Waals surface area contributed by atoms with Crippen molar-refractivity contribution in [1.29, 1.82) is 0 Å². The summed E-state index contributed by atoms with van der Waals surface area (Å²) < 4.78 is 0.857. The first-order valence-corrected chi connectivity index (χ1v) is 6.77. The van der Waals surface area contributed by atoms with E-state index in [1.54, 1.807) is 24.3 Å². The zero-order valence-electron chi connectivity index (χ0n) is 10.2. The van der Waals surface area contributed by atoms with Crippen LogP contribution in [-0.2, 0) is 0 Å². The minimum absolute atomic E-state index is 0.228. The van der Waals surface area contributed by atoms with Crippen molar-refractivity contribution in [3.8, 4) is 0 Å². The fraction of sp³-hybridized carbons (Fsp3) is 0.0714. The summed E-state index contributed by atoms with van der Waals surface area (Å²) in [6.07, 6.45) is 0. The Morgan fingerprint density at radius 2 is 2.00 bits per heavy atom. The third-order valence-corrected chi connectivity index (χ3v) is 3.49. The van der Waals surface area contributed by atoms with E-state index in [1.165, 1.54) is 0 Å². The molecule has 0 atom stereocenters. The molecule has 0 spiro atoms. The summed E-state index contributed by atoms with van der Waals surface area (Å²) in [7, 11) is 0. The summed E-state index contributed by atoms with van der Waals surface area (Å²) in [5.74, 6) is -0.228. The maximum absolute atomic E-state index is 12.2. The van der Waals surface area contributed by atoms with Crippen molar-refractivity contribution in [2.24, 2.45) is 0 Å². The van der Waals surface area contributed by atoms with Crippen molar-refractivity contribution < 1.29 is 4.79 Å². The van der Waals surface area contributed by atoms with Gasteiger partial charge in [0.15, 0.2) is 0 Å². The van der Waals surface area contributed by atoms with Gasteiger partial charge in [-0.1, -0.05) is 33.6 Å². The number of nitrogen functional groups attached to an aromatic ring is 1. The first-order valence-electron chi connectivity index (χ1n) is 5.60. The molecule has 5 heteroatoms. The van der Waals surface area contributed by atoms with Gasteiger partial charge >= 0.3 is 0 Å². The van der Waals surface area contributed by atoms with Gasteiger partial charge in [0.25, 0.3) is 5.91 Å². The van der Waals surface area contributed by atoms with E-state index in [9.17, 15) is 4.79 Å². The molecule has 0 saturated carbocycles. The first-order chi connectivity index (χ1) is 8.97. The van der Waals surface area contributed by atoms with E-state index in [0.717, 1.165) is 10.0 Å². The molecule has 19 heavy (non-hydrogen) atoms. The molecule has 0 fully saturated rings. The van der Waals surface area contributed by atoms with Crippen LogP contribution in [0, 0.1) is 6.92 Å². The minimum atomic E-state index is -0.228. The number of hydrogen-bond donors (Lipinski definition) is 2. The molecule has 2 aromatic carbocycles. The van der Waals surface area contributed by atoms with Gasteiger partial charge in [0.2, 0.25) is 0 Å². The van der Waals surface area contributed by atoms with Gasteiger partial charge in [-0.2, -0.15) is 0 Å². The van der Waals surface area contributed by atoms with Crippen LogP contribution < -0.4 is 11.1 Å². The number of amides is 1. The molecule has 0 bridgehead atoms. The van der Waals surface area contributed by atoms with Crippen molar-refractivity contribution in [2.45, 2.75) is 6.92 Å². The zero-order chi connectivity index (χ0) is 14.0. The molecule has 0 saturated heterocycles. The SMILES string of the molecule is Cc1ccc(N)cc1C(=O)Nc1ccc(Br)cc1Cl. The van der Waals surface area contributed by atoms with Crippen LogP contribution in [0.2, 0.25) is 5.02 Å². The molecule has 3 nitrogen and oxygen atoms in total. The molecule has 0 radical (unpaired) electrons. The Balaban J connectivity index is 2.28. The maximum Gasteiger partial charge on any atom is 0.256 e. The molecule has 0 aliphatic carbocycles. The largest absolute Gasteiger partial charge is 0.399 e. The van der Waals surface area contributed by atoms with E-state index < -0.39 is 0 Å². The number of anilines is 2. The normalized spacial score (nSPS) is 10.3. The number of benzene rings is 2. The van der Waals surface area contributed by atoms with Gasteiger partial charge in [0.05, 0.1) is 10.7 Å². The smallest absolute Gasteiger partial charge is 0.256 e. The van der Waals surface area contributed by atoms with E-state index in [0.29, 0.717) is 22.0 Å². The fourth-order valence-corrected chi connectivity index (χ4v) is 2.39. The summed E-state index contributed by atoms with van der Waals surface area (Å²) in [6.45, 7) is 1.86. The quantitative estimate of drug-likeness (QED) is 0.804. The first kappa shape index (κ1) is 13.9. The Hall–Kier alpha value is -1.52. The lowest BCUT2D eigenvalue weighted by Crippen LogP contribution is -2.14. The highest BCUT2D eigenvalue weighted by Crippen LogP contribution is 2.26. The minimum Gasteiger partial charge on any atom is -0.399 e. The summed E-state index contributed by atoms with van der Waals surface area (Å²) in [6, 6.07) is 10.5. The van der Waals surface area contributed by atoms with E-state index >= 15 is 0 Å². The van der Waals surface area contributed by atoms with E-state index in [-0.39, 0.29) is 5.91 Å². The summed E-state index contributed by atoms with van der Waals surface area (Å²) in [4.78, 5) is 12.2. The van der Waals surface area contributed by atoms with Crippen LogP contribution in [0.5, 0.6) is 0 Å². The Morgan fingerprint density at radius 3 is 2.68 bits per heavy atom. The average Bonchev–Trinajstić information content (AvgIpc) is 2.35. The molecule has 0 aliphatic heterocycles. The van der Waals surface area contributed by atoms with Crippen molar-refractivity contribution in [3.05, 3.63) is 57.0 Å². The lowest BCUT2D eigenvalue weighted by Gasteiger charge is -2.10. The van der Waals surface area contributed by atoms with Crippen LogP contribution in [-0.4, -0.2) is 5.91 Å². The number of rotatable bonds is 2. The lowest BCUT2D eigenvalue weighted by molar-refractivity contribution is 0.102. The number of hydrogen-bond acceptors (Lipinski definition) is 2. The maximum atomic E-state index is 12.2.